The molecule has 1 amide bonds. The van der Waals surface area contributed by atoms with E-state index in [0.29, 0.717) is 19.0 Å². The first-order valence-corrected chi connectivity index (χ1v) is 8.02. The maximum absolute atomic E-state index is 12.2. The van der Waals surface area contributed by atoms with Gasteiger partial charge in [-0.15, -0.1) is 0 Å². The highest BCUT2D eigenvalue weighted by Gasteiger charge is 2.30. The van der Waals surface area contributed by atoms with Gasteiger partial charge in [0.1, 0.15) is 0 Å². The van der Waals surface area contributed by atoms with Crippen molar-refractivity contribution in [1.82, 2.24) is 20.0 Å². The molecule has 2 atom stereocenters. The smallest absolute Gasteiger partial charge is 0.239 e. The first-order valence-electron chi connectivity index (χ1n) is 8.02. The van der Waals surface area contributed by atoms with E-state index in [9.17, 15) is 9.90 Å². The van der Waals surface area contributed by atoms with Gasteiger partial charge < -0.3 is 25.1 Å². The fourth-order valence-electron chi connectivity index (χ4n) is 3.21. The molecule has 0 aliphatic carbocycles. The minimum Gasteiger partial charge on any atom is -0.392 e. The van der Waals surface area contributed by atoms with Crippen LogP contribution in [0.2, 0.25) is 0 Å². The summed E-state index contributed by atoms with van der Waals surface area (Å²) < 4.78 is 0. The monoisotopic (exact) mass is 298 g/mol. The Morgan fingerprint density at radius 3 is 2.52 bits per heavy atom. The van der Waals surface area contributed by atoms with E-state index >= 15 is 0 Å². The zero-order valence-electron chi connectivity index (χ0n) is 13.6. The third-order valence-corrected chi connectivity index (χ3v) is 4.88. The number of carbonyl (C=O) groups is 1. The predicted octanol–water partition coefficient (Wildman–Crippen LogP) is -0.806. The molecule has 0 saturated carbocycles. The van der Waals surface area contributed by atoms with Crippen LogP contribution in [-0.2, 0) is 4.79 Å². The number of likely N-dealkylation sites (N-methyl/N-ethyl adjacent to an activating group) is 2. The summed E-state index contributed by atoms with van der Waals surface area (Å²) in [7, 11) is 6.19. The molecule has 2 fully saturated rings. The third kappa shape index (κ3) is 4.64. The molecule has 2 heterocycles. The second-order valence-electron chi connectivity index (χ2n) is 6.63. The van der Waals surface area contributed by atoms with Crippen LogP contribution in [0.1, 0.15) is 19.3 Å². The van der Waals surface area contributed by atoms with E-state index in [1.165, 1.54) is 12.8 Å². The molecular weight excluding hydrogens is 268 g/mol. The number of nitrogens with one attached hydrogen (secondary N) is 1. The van der Waals surface area contributed by atoms with Gasteiger partial charge >= 0.3 is 0 Å². The van der Waals surface area contributed by atoms with Crippen LogP contribution in [0.25, 0.3) is 0 Å². The van der Waals surface area contributed by atoms with E-state index in [0.717, 1.165) is 26.2 Å². The van der Waals surface area contributed by atoms with E-state index in [1.54, 1.807) is 4.90 Å². The fourth-order valence-corrected chi connectivity index (χ4v) is 3.21. The van der Waals surface area contributed by atoms with Gasteiger partial charge in [0.25, 0.3) is 0 Å². The van der Waals surface area contributed by atoms with Crippen LogP contribution in [0.15, 0.2) is 0 Å². The second-order valence-corrected chi connectivity index (χ2v) is 6.63. The molecule has 0 radical (unpaired) electrons. The number of carbonyl (C=O) groups excluding carboxylic acids is 1. The molecule has 6 nitrogen and oxygen atoms in total. The van der Waals surface area contributed by atoms with E-state index in [-0.39, 0.29) is 18.1 Å². The van der Waals surface area contributed by atoms with Gasteiger partial charge in [-0.3, -0.25) is 4.79 Å². The molecule has 2 rings (SSSR count). The Bertz CT molecular complexity index is 345. The van der Waals surface area contributed by atoms with Crippen molar-refractivity contribution < 1.29 is 9.90 Å². The van der Waals surface area contributed by atoms with Crippen LogP contribution >= 0.6 is 0 Å². The number of rotatable bonds is 5. The summed E-state index contributed by atoms with van der Waals surface area (Å²) in [5.74, 6) is 0.100. The van der Waals surface area contributed by atoms with E-state index in [4.69, 9.17) is 0 Å². The maximum Gasteiger partial charge on any atom is 0.239 e. The van der Waals surface area contributed by atoms with Crippen LogP contribution in [0.5, 0.6) is 0 Å². The minimum atomic E-state index is -0.380. The summed E-state index contributed by atoms with van der Waals surface area (Å²) in [6, 6.07) is 0.426. The Labute approximate surface area is 128 Å². The van der Waals surface area contributed by atoms with Gasteiger partial charge in [0.15, 0.2) is 0 Å². The number of aliphatic hydroxyl groups is 1. The zero-order chi connectivity index (χ0) is 15.4. The summed E-state index contributed by atoms with van der Waals surface area (Å²) in [6.45, 7) is 4.50. The number of amides is 1. The summed E-state index contributed by atoms with van der Waals surface area (Å²) in [6.07, 6.45) is 2.57. The van der Waals surface area contributed by atoms with Gasteiger partial charge in [0.2, 0.25) is 5.91 Å². The highest BCUT2D eigenvalue weighted by Crippen LogP contribution is 2.14. The van der Waals surface area contributed by atoms with Crippen molar-refractivity contribution in [3.05, 3.63) is 0 Å². The van der Waals surface area contributed by atoms with Gasteiger partial charge in [0.05, 0.1) is 12.1 Å². The molecule has 2 aliphatic rings. The molecule has 2 unspecified atom stereocenters. The summed E-state index contributed by atoms with van der Waals surface area (Å²) in [4.78, 5) is 18.8. The number of β-amino-alcohol motifs (C(OH)–C–C–N with tert-alkyl or cyclic N) is 1. The Kier molecular flexibility index (Phi) is 5.98. The Balaban J connectivity index is 1.70. The topological polar surface area (TPSA) is 59.0 Å². The molecule has 0 aromatic rings. The number of hydrogen-bond acceptors (Lipinski definition) is 5. The minimum absolute atomic E-state index is 0.100. The van der Waals surface area contributed by atoms with Crippen molar-refractivity contribution in [3.63, 3.8) is 0 Å². The number of nitrogens with zero attached hydrogens (tertiary/aromatic N) is 3. The van der Waals surface area contributed by atoms with Gasteiger partial charge in [-0.2, -0.15) is 0 Å². The number of aliphatic hydroxyl groups excluding tert-OH is 1. The summed E-state index contributed by atoms with van der Waals surface area (Å²) >= 11 is 0. The van der Waals surface area contributed by atoms with E-state index in [1.807, 2.05) is 7.05 Å². The van der Waals surface area contributed by atoms with Crippen LogP contribution in [0.3, 0.4) is 0 Å². The van der Waals surface area contributed by atoms with Crippen molar-refractivity contribution in [3.8, 4) is 0 Å². The molecule has 2 saturated heterocycles. The van der Waals surface area contributed by atoms with Crippen LogP contribution < -0.4 is 5.32 Å². The van der Waals surface area contributed by atoms with Gasteiger partial charge in [-0.1, -0.05) is 0 Å². The normalized spacial score (nSPS) is 28.2. The molecule has 2 aliphatic heterocycles. The number of likely N-dealkylation sites (tertiary alicyclic amines) is 1. The molecule has 0 aromatic heterocycles. The highest BCUT2D eigenvalue weighted by molar-refractivity contribution is 5.82. The molecule has 6 heteroatoms. The van der Waals surface area contributed by atoms with Crippen molar-refractivity contribution >= 4 is 5.91 Å². The Hall–Kier alpha value is -0.690. The first-order chi connectivity index (χ1) is 9.97. The molecule has 0 bridgehead atoms. The van der Waals surface area contributed by atoms with Crippen molar-refractivity contribution in [2.75, 3.05) is 53.9 Å². The molecule has 0 aromatic carbocycles. The lowest BCUT2D eigenvalue weighted by Gasteiger charge is -2.36. The molecule has 21 heavy (non-hydrogen) atoms. The average molecular weight is 298 g/mol. The van der Waals surface area contributed by atoms with Crippen LogP contribution in [0, 0.1) is 0 Å². The lowest BCUT2D eigenvalue weighted by Crippen LogP contribution is -2.47. The Morgan fingerprint density at radius 1 is 1.29 bits per heavy atom. The molecule has 2 N–H and O–H groups in total. The average Bonchev–Trinajstić information content (AvgIpc) is 2.91. The van der Waals surface area contributed by atoms with E-state index < -0.39 is 0 Å². The van der Waals surface area contributed by atoms with Crippen molar-refractivity contribution in [2.45, 2.75) is 37.5 Å². The van der Waals surface area contributed by atoms with Crippen LogP contribution in [-0.4, -0.2) is 97.8 Å². The molecular formula is C15H30N4O2. The number of hydrogen-bond donors (Lipinski definition) is 2. The number of piperidine rings is 1. The standard InChI is InChI=1S/C15H30N4O2/c1-17-6-4-12(5-7-17)18(2)8-9-19(3)15(21)14-10-13(20)11-16-14/h12-14,16,20H,4-11H2,1-3H3. The second kappa shape index (κ2) is 7.54. The lowest BCUT2D eigenvalue weighted by atomic mass is 10.0. The maximum atomic E-state index is 12.2. The van der Waals surface area contributed by atoms with Crippen molar-refractivity contribution in [1.29, 1.82) is 0 Å². The summed E-state index contributed by atoms with van der Waals surface area (Å²) in [5, 5.41) is 12.6. The van der Waals surface area contributed by atoms with Crippen molar-refractivity contribution in [2.24, 2.45) is 0 Å². The fraction of sp³-hybridized carbons (Fsp3) is 0.933. The highest BCUT2D eigenvalue weighted by atomic mass is 16.3. The first kappa shape index (κ1) is 16.7. The predicted molar refractivity (Wildman–Crippen MR) is 83.2 cm³/mol. The molecule has 122 valence electrons. The largest absolute Gasteiger partial charge is 0.392 e. The third-order valence-electron chi connectivity index (χ3n) is 4.88. The van der Waals surface area contributed by atoms with Gasteiger partial charge in [0, 0.05) is 32.7 Å². The zero-order valence-corrected chi connectivity index (χ0v) is 13.6. The lowest BCUT2D eigenvalue weighted by molar-refractivity contribution is -0.132. The van der Waals surface area contributed by atoms with E-state index in [2.05, 4.69) is 29.2 Å². The Morgan fingerprint density at radius 2 is 1.95 bits per heavy atom. The quantitative estimate of drug-likeness (QED) is 0.695. The summed E-state index contributed by atoms with van der Waals surface area (Å²) in [5.41, 5.74) is 0. The molecule has 0 spiro atoms. The van der Waals surface area contributed by atoms with Gasteiger partial charge in [-0.05, 0) is 46.4 Å². The van der Waals surface area contributed by atoms with Gasteiger partial charge in [-0.25, -0.2) is 0 Å². The SMILES string of the molecule is CN1CCC(N(C)CCN(C)C(=O)C2CC(O)CN2)CC1. The van der Waals surface area contributed by atoms with Crippen LogP contribution in [0.4, 0.5) is 0 Å².